The zero-order valence-corrected chi connectivity index (χ0v) is 12.8. The molecule has 0 atom stereocenters. The van der Waals surface area contributed by atoms with Gasteiger partial charge in [-0.05, 0) is 25.1 Å². The lowest BCUT2D eigenvalue weighted by Gasteiger charge is -2.12. The van der Waals surface area contributed by atoms with Crippen LogP contribution < -0.4 is 4.74 Å². The van der Waals surface area contributed by atoms with Gasteiger partial charge < -0.3 is 9.84 Å². The Morgan fingerprint density at radius 2 is 1.95 bits per heavy atom. The molecule has 0 aromatic heterocycles. The quantitative estimate of drug-likeness (QED) is 0.888. The van der Waals surface area contributed by atoms with E-state index in [9.17, 15) is 5.11 Å². The number of hydrogen-bond donors (Lipinski definition) is 1. The number of hydrogen-bond acceptors (Lipinski definition) is 2. The fourth-order valence-electron chi connectivity index (χ4n) is 1.77. The molecular formula is C15H14BrClO2. The Morgan fingerprint density at radius 1 is 1.16 bits per heavy atom. The predicted molar refractivity (Wildman–Crippen MR) is 80.6 cm³/mol. The molecule has 19 heavy (non-hydrogen) atoms. The summed E-state index contributed by atoms with van der Waals surface area (Å²) in [5.41, 5.74) is 2.79. The normalized spacial score (nSPS) is 10.5. The molecule has 0 saturated carbocycles. The van der Waals surface area contributed by atoms with Crippen LogP contribution in [0, 0.1) is 6.92 Å². The molecular weight excluding hydrogens is 328 g/mol. The molecule has 1 N–H and O–H groups in total. The molecule has 2 nitrogen and oxygen atoms in total. The van der Waals surface area contributed by atoms with E-state index in [4.69, 9.17) is 16.3 Å². The largest absolute Gasteiger partial charge is 0.488 e. The van der Waals surface area contributed by atoms with Crippen molar-refractivity contribution in [3.63, 3.8) is 0 Å². The van der Waals surface area contributed by atoms with Crippen molar-refractivity contribution in [3.05, 3.63) is 62.6 Å². The summed E-state index contributed by atoms with van der Waals surface area (Å²) in [6, 6.07) is 11.4. The Balaban J connectivity index is 2.14. The third-order valence-electron chi connectivity index (χ3n) is 2.78. The van der Waals surface area contributed by atoms with E-state index in [1.54, 1.807) is 0 Å². The second-order valence-electron chi connectivity index (χ2n) is 4.29. The monoisotopic (exact) mass is 340 g/mol. The molecule has 0 saturated heterocycles. The molecule has 0 amide bonds. The highest BCUT2D eigenvalue weighted by molar-refractivity contribution is 9.10. The van der Waals surface area contributed by atoms with E-state index in [-0.39, 0.29) is 6.61 Å². The van der Waals surface area contributed by atoms with Gasteiger partial charge in [0.15, 0.2) is 0 Å². The molecule has 0 aliphatic carbocycles. The smallest absolute Gasteiger partial charge is 0.125 e. The second-order valence-corrected chi connectivity index (χ2v) is 5.62. The minimum absolute atomic E-state index is 0.0366. The lowest BCUT2D eigenvalue weighted by Crippen LogP contribution is -1.99. The molecule has 2 aromatic rings. The van der Waals surface area contributed by atoms with E-state index in [0.29, 0.717) is 17.4 Å². The standard InChI is InChI=1S/C15H14BrClO2/c1-10-2-5-15(12(6-10)8-18)19-9-11-3-4-13(16)7-14(11)17/h2-7,18H,8-9H2,1H3. The van der Waals surface area contributed by atoms with Gasteiger partial charge in [-0.15, -0.1) is 0 Å². The fraction of sp³-hybridized carbons (Fsp3) is 0.200. The number of halogens is 2. The van der Waals surface area contributed by atoms with Crippen LogP contribution >= 0.6 is 27.5 Å². The van der Waals surface area contributed by atoms with E-state index in [2.05, 4.69) is 15.9 Å². The average molecular weight is 342 g/mol. The molecule has 0 radical (unpaired) electrons. The molecule has 2 rings (SSSR count). The number of benzene rings is 2. The maximum atomic E-state index is 9.32. The lowest BCUT2D eigenvalue weighted by atomic mass is 10.1. The first-order chi connectivity index (χ1) is 9.10. The summed E-state index contributed by atoms with van der Waals surface area (Å²) >= 11 is 9.50. The summed E-state index contributed by atoms with van der Waals surface area (Å²) in [4.78, 5) is 0. The van der Waals surface area contributed by atoms with Gasteiger partial charge in [-0.3, -0.25) is 0 Å². The summed E-state index contributed by atoms with van der Waals surface area (Å²) in [6.45, 7) is 2.32. The van der Waals surface area contributed by atoms with Gasteiger partial charge in [-0.1, -0.05) is 51.3 Å². The maximum absolute atomic E-state index is 9.32. The van der Waals surface area contributed by atoms with Crippen LogP contribution in [0.2, 0.25) is 5.02 Å². The fourth-order valence-corrected chi connectivity index (χ4v) is 2.49. The average Bonchev–Trinajstić information content (AvgIpc) is 2.39. The maximum Gasteiger partial charge on any atom is 0.125 e. The zero-order valence-electron chi connectivity index (χ0n) is 10.5. The highest BCUT2D eigenvalue weighted by Gasteiger charge is 2.06. The van der Waals surface area contributed by atoms with Crippen LogP contribution in [0.1, 0.15) is 16.7 Å². The Kier molecular flexibility index (Phi) is 4.86. The van der Waals surface area contributed by atoms with Crippen LogP contribution in [0.4, 0.5) is 0 Å². The molecule has 0 spiro atoms. The third-order valence-corrected chi connectivity index (χ3v) is 3.63. The molecule has 4 heteroatoms. The lowest BCUT2D eigenvalue weighted by molar-refractivity contribution is 0.259. The van der Waals surface area contributed by atoms with E-state index < -0.39 is 0 Å². The van der Waals surface area contributed by atoms with Crippen molar-refractivity contribution in [1.29, 1.82) is 0 Å². The van der Waals surface area contributed by atoms with Gasteiger partial charge in [0.05, 0.1) is 6.61 Å². The van der Waals surface area contributed by atoms with Gasteiger partial charge in [0.25, 0.3) is 0 Å². The molecule has 100 valence electrons. The van der Waals surface area contributed by atoms with Crippen molar-refractivity contribution in [2.24, 2.45) is 0 Å². The predicted octanol–water partition coefficient (Wildman–Crippen LogP) is 4.48. The van der Waals surface area contributed by atoms with Gasteiger partial charge in [0, 0.05) is 20.6 Å². The molecule has 0 aliphatic heterocycles. The zero-order chi connectivity index (χ0) is 13.8. The van der Waals surface area contributed by atoms with Crippen LogP contribution in [0.3, 0.4) is 0 Å². The van der Waals surface area contributed by atoms with E-state index in [0.717, 1.165) is 21.2 Å². The minimum Gasteiger partial charge on any atom is -0.488 e. The van der Waals surface area contributed by atoms with Gasteiger partial charge >= 0.3 is 0 Å². The Hall–Kier alpha value is -1.03. The first-order valence-electron chi connectivity index (χ1n) is 5.87. The van der Waals surface area contributed by atoms with Gasteiger partial charge in [-0.25, -0.2) is 0 Å². The van der Waals surface area contributed by atoms with Crippen LogP contribution in [-0.4, -0.2) is 5.11 Å². The number of aliphatic hydroxyl groups excluding tert-OH is 1. The first-order valence-corrected chi connectivity index (χ1v) is 7.04. The number of aryl methyl sites for hydroxylation is 1. The van der Waals surface area contributed by atoms with Gasteiger partial charge in [0.1, 0.15) is 12.4 Å². The molecule has 0 heterocycles. The van der Waals surface area contributed by atoms with Crippen molar-refractivity contribution in [1.82, 2.24) is 0 Å². The summed E-state index contributed by atoms with van der Waals surface area (Å²) in [5, 5.41) is 9.98. The van der Waals surface area contributed by atoms with Crippen LogP contribution in [0.5, 0.6) is 5.75 Å². The molecule has 0 unspecified atom stereocenters. The second kappa shape index (κ2) is 6.42. The first kappa shape index (κ1) is 14.4. The molecule has 2 aromatic carbocycles. The van der Waals surface area contributed by atoms with Crippen molar-refractivity contribution in [3.8, 4) is 5.75 Å². The van der Waals surface area contributed by atoms with Crippen LogP contribution in [-0.2, 0) is 13.2 Å². The third kappa shape index (κ3) is 3.72. The Labute approximate surface area is 126 Å². The van der Waals surface area contributed by atoms with Crippen molar-refractivity contribution >= 4 is 27.5 Å². The SMILES string of the molecule is Cc1ccc(OCc2ccc(Br)cc2Cl)c(CO)c1. The van der Waals surface area contributed by atoms with Crippen molar-refractivity contribution in [2.75, 3.05) is 0 Å². The van der Waals surface area contributed by atoms with Crippen molar-refractivity contribution < 1.29 is 9.84 Å². The summed E-state index contributed by atoms with van der Waals surface area (Å²) in [5.74, 6) is 0.687. The highest BCUT2D eigenvalue weighted by atomic mass is 79.9. The number of rotatable bonds is 4. The van der Waals surface area contributed by atoms with Crippen LogP contribution in [0.25, 0.3) is 0 Å². The van der Waals surface area contributed by atoms with E-state index >= 15 is 0 Å². The van der Waals surface area contributed by atoms with Gasteiger partial charge in [-0.2, -0.15) is 0 Å². The topological polar surface area (TPSA) is 29.5 Å². The summed E-state index contributed by atoms with van der Waals surface area (Å²) in [7, 11) is 0. The van der Waals surface area contributed by atoms with E-state index in [1.807, 2.05) is 43.3 Å². The molecule has 0 fully saturated rings. The minimum atomic E-state index is -0.0366. The highest BCUT2D eigenvalue weighted by Crippen LogP contribution is 2.25. The Bertz CT molecular complexity index is 584. The summed E-state index contributed by atoms with van der Waals surface area (Å²) < 4.78 is 6.67. The van der Waals surface area contributed by atoms with Crippen LogP contribution in [0.15, 0.2) is 40.9 Å². The molecule has 0 aliphatic rings. The number of aliphatic hydroxyl groups is 1. The Morgan fingerprint density at radius 3 is 2.63 bits per heavy atom. The molecule has 0 bridgehead atoms. The van der Waals surface area contributed by atoms with Crippen molar-refractivity contribution in [2.45, 2.75) is 20.1 Å². The van der Waals surface area contributed by atoms with Gasteiger partial charge in [0.2, 0.25) is 0 Å². The van der Waals surface area contributed by atoms with E-state index in [1.165, 1.54) is 0 Å². The number of ether oxygens (including phenoxy) is 1. The summed E-state index contributed by atoms with van der Waals surface area (Å²) in [6.07, 6.45) is 0.